The minimum Gasteiger partial charge on any atom is -0.486 e. The van der Waals surface area contributed by atoms with Gasteiger partial charge in [0.25, 0.3) is 5.91 Å². The Hall–Kier alpha value is -2.73. The number of carbonyl (C=O) groups excluding carboxylic acids is 2. The predicted molar refractivity (Wildman–Crippen MR) is 110 cm³/mol. The van der Waals surface area contributed by atoms with Gasteiger partial charge in [-0.15, -0.1) is 0 Å². The van der Waals surface area contributed by atoms with Crippen molar-refractivity contribution in [2.45, 2.75) is 32.8 Å². The van der Waals surface area contributed by atoms with Gasteiger partial charge in [0, 0.05) is 5.56 Å². The number of hydrogen-bond acceptors (Lipinski definition) is 5. The highest BCUT2D eigenvalue weighted by Gasteiger charge is 2.18. The molecule has 1 aliphatic rings. The minimum absolute atomic E-state index is 0.00948. The molecule has 2 aromatic carbocycles. The monoisotopic (exact) mass is 417 g/mol. The third-order valence-electron chi connectivity index (χ3n) is 4.46. The summed E-state index contributed by atoms with van der Waals surface area (Å²) < 4.78 is 16.2. The van der Waals surface area contributed by atoms with Gasteiger partial charge in [0.05, 0.1) is 5.02 Å². The third-order valence-corrected chi connectivity index (χ3v) is 4.74. The van der Waals surface area contributed by atoms with Gasteiger partial charge in [-0.05, 0) is 40.8 Å². The van der Waals surface area contributed by atoms with Crippen molar-refractivity contribution >= 4 is 23.5 Å². The summed E-state index contributed by atoms with van der Waals surface area (Å²) >= 11 is 6.17. The van der Waals surface area contributed by atoms with Crippen LogP contribution in [0.15, 0.2) is 36.4 Å². The summed E-state index contributed by atoms with van der Waals surface area (Å²) in [5, 5.41) is 2.97. The maximum atomic E-state index is 12.2. The lowest BCUT2D eigenvalue weighted by Gasteiger charge is -2.20. The molecule has 0 saturated heterocycles. The van der Waals surface area contributed by atoms with E-state index in [4.69, 9.17) is 25.8 Å². The van der Waals surface area contributed by atoms with Crippen molar-refractivity contribution in [1.29, 1.82) is 0 Å². The Balaban J connectivity index is 1.50. The van der Waals surface area contributed by atoms with E-state index in [-0.39, 0.29) is 24.5 Å². The average Bonchev–Trinajstić information content (AvgIpc) is 2.70. The van der Waals surface area contributed by atoms with E-state index in [1.54, 1.807) is 24.3 Å². The first-order valence-electron chi connectivity index (χ1n) is 9.36. The summed E-state index contributed by atoms with van der Waals surface area (Å²) in [5.74, 6) is 0.153. The van der Waals surface area contributed by atoms with E-state index in [2.05, 4.69) is 26.1 Å². The lowest BCUT2D eigenvalue weighted by atomic mass is 9.87. The van der Waals surface area contributed by atoms with Crippen molar-refractivity contribution in [2.75, 3.05) is 19.8 Å². The van der Waals surface area contributed by atoms with Gasteiger partial charge in [-0.3, -0.25) is 9.59 Å². The first-order valence-corrected chi connectivity index (χ1v) is 9.74. The normalized spacial score (nSPS) is 13.0. The van der Waals surface area contributed by atoms with Crippen molar-refractivity contribution in [3.05, 3.63) is 58.1 Å². The summed E-state index contributed by atoms with van der Waals surface area (Å²) in [5.41, 5.74) is 2.31. The quantitative estimate of drug-likeness (QED) is 0.747. The van der Waals surface area contributed by atoms with Crippen LogP contribution >= 0.6 is 11.6 Å². The Labute approximate surface area is 175 Å². The Morgan fingerprint density at radius 3 is 2.48 bits per heavy atom. The lowest BCUT2D eigenvalue weighted by Crippen LogP contribution is -2.30. The molecule has 2 aromatic rings. The van der Waals surface area contributed by atoms with E-state index >= 15 is 0 Å². The summed E-state index contributed by atoms with van der Waals surface area (Å²) in [4.78, 5) is 24.2. The maximum Gasteiger partial charge on any atom is 0.325 e. The van der Waals surface area contributed by atoms with Crippen molar-refractivity contribution in [1.82, 2.24) is 5.32 Å². The van der Waals surface area contributed by atoms with E-state index in [0.29, 0.717) is 40.9 Å². The number of halogens is 1. The van der Waals surface area contributed by atoms with Crippen LogP contribution in [0.4, 0.5) is 0 Å². The van der Waals surface area contributed by atoms with Crippen LogP contribution in [-0.2, 0) is 21.6 Å². The van der Waals surface area contributed by atoms with Crippen molar-refractivity contribution in [2.24, 2.45) is 0 Å². The summed E-state index contributed by atoms with van der Waals surface area (Å²) in [6.07, 6.45) is 0. The van der Waals surface area contributed by atoms with Crippen LogP contribution in [0.5, 0.6) is 11.5 Å². The van der Waals surface area contributed by atoms with Gasteiger partial charge in [-0.25, -0.2) is 0 Å². The molecule has 0 radical (unpaired) electrons. The highest BCUT2D eigenvalue weighted by molar-refractivity contribution is 6.32. The van der Waals surface area contributed by atoms with Crippen molar-refractivity contribution in [3.8, 4) is 11.5 Å². The van der Waals surface area contributed by atoms with Crippen LogP contribution in [0.2, 0.25) is 5.02 Å². The van der Waals surface area contributed by atoms with Crippen LogP contribution in [-0.4, -0.2) is 31.6 Å². The van der Waals surface area contributed by atoms with Crippen LogP contribution in [0, 0.1) is 0 Å². The molecular formula is C22H24ClNO5. The van der Waals surface area contributed by atoms with Gasteiger partial charge in [0.2, 0.25) is 0 Å². The molecule has 29 heavy (non-hydrogen) atoms. The molecule has 1 N–H and O–H groups in total. The van der Waals surface area contributed by atoms with Gasteiger partial charge in [0.1, 0.15) is 26.4 Å². The van der Waals surface area contributed by atoms with E-state index in [1.165, 1.54) is 0 Å². The number of fused-ring (bicyclic) bond motifs is 1. The topological polar surface area (TPSA) is 73.9 Å². The second-order valence-corrected chi connectivity index (χ2v) is 8.18. The lowest BCUT2D eigenvalue weighted by molar-refractivity contribution is -0.143. The second-order valence-electron chi connectivity index (χ2n) is 7.77. The Morgan fingerprint density at radius 2 is 1.79 bits per heavy atom. The highest BCUT2D eigenvalue weighted by atomic mass is 35.5. The predicted octanol–water partition coefficient (Wildman–Crippen LogP) is 3.88. The summed E-state index contributed by atoms with van der Waals surface area (Å²) in [6, 6.07) is 10.7. The zero-order valence-corrected chi connectivity index (χ0v) is 17.5. The SMILES string of the molecule is CC(C)(C)c1ccc(C(=O)NCC(=O)OCc2cc(Cl)c3c(c2)OCCO3)cc1. The van der Waals surface area contributed by atoms with Gasteiger partial charge < -0.3 is 19.5 Å². The van der Waals surface area contributed by atoms with Crippen LogP contribution < -0.4 is 14.8 Å². The molecule has 0 saturated carbocycles. The molecule has 1 aliphatic heterocycles. The Morgan fingerprint density at radius 1 is 1.10 bits per heavy atom. The minimum atomic E-state index is -0.546. The number of nitrogens with one attached hydrogen (secondary N) is 1. The van der Waals surface area contributed by atoms with Crippen LogP contribution in [0.25, 0.3) is 0 Å². The van der Waals surface area contributed by atoms with Crippen LogP contribution in [0.1, 0.15) is 42.3 Å². The van der Waals surface area contributed by atoms with E-state index in [0.717, 1.165) is 5.56 Å². The molecule has 0 fully saturated rings. The number of ether oxygens (including phenoxy) is 3. The number of esters is 1. The number of amides is 1. The first kappa shape index (κ1) is 21.0. The fourth-order valence-electron chi connectivity index (χ4n) is 2.84. The molecular weight excluding hydrogens is 394 g/mol. The molecule has 1 heterocycles. The maximum absolute atomic E-state index is 12.2. The van der Waals surface area contributed by atoms with Gasteiger partial charge >= 0.3 is 5.97 Å². The molecule has 0 aliphatic carbocycles. The summed E-state index contributed by atoms with van der Waals surface area (Å²) in [7, 11) is 0. The number of rotatable bonds is 5. The molecule has 7 heteroatoms. The van der Waals surface area contributed by atoms with Crippen LogP contribution in [0.3, 0.4) is 0 Å². The summed E-state index contributed by atoms with van der Waals surface area (Å²) in [6.45, 7) is 6.99. The number of benzene rings is 2. The molecule has 0 unspecified atom stereocenters. The number of carbonyl (C=O) groups is 2. The molecule has 3 rings (SSSR count). The standard InChI is InChI=1S/C22H24ClNO5/c1-22(2,3)16-6-4-15(5-7-16)21(26)24-12-19(25)29-13-14-10-17(23)20-18(11-14)27-8-9-28-20/h4-7,10-11H,8-9,12-13H2,1-3H3,(H,24,26). The van der Waals surface area contributed by atoms with Crippen molar-refractivity contribution < 1.29 is 23.8 Å². The largest absolute Gasteiger partial charge is 0.486 e. The fourth-order valence-corrected chi connectivity index (χ4v) is 3.13. The van der Waals surface area contributed by atoms with E-state index < -0.39 is 5.97 Å². The first-order chi connectivity index (χ1) is 13.7. The van der Waals surface area contributed by atoms with Gasteiger partial charge in [-0.2, -0.15) is 0 Å². The molecule has 6 nitrogen and oxygen atoms in total. The third kappa shape index (κ3) is 5.41. The molecule has 0 aromatic heterocycles. The molecule has 154 valence electrons. The van der Waals surface area contributed by atoms with E-state index in [1.807, 2.05) is 12.1 Å². The molecule has 1 amide bonds. The molecule has 0 spiro atoms. The smallest absolute Gasteiger partial charge is 0.325 e. The number of hydrogen-bond donors (Lipinski definition) is 1. The van der Waals surface area contributed by atoms with E-state index in [9.17, 15) is 9.59 Å². The molecule has 0 atom stereocenters. The van der Waals surface area contributed by atoms with Gasteiger partial charge in [0.15, 0.2) is 11.5 Å². The Bertz CT molecular complexity index is 903. The zero-order valence-electron chi connectivity index (χ0n) is 16.7. The molecule has 0 bridgehead atoms. The van der Waals surface area contributed by atoms with Crippen molar-refractivity contribution in [3.63, 3.8) is 0 Å². The fraction of sp³-hybridized carbons (Fsp3) is 0.364. The average molecular weight is 418 g/mol. The Kier molecular flexibility index (Phi) is 6.33. The highest BCUT2D eigenvalue weighted by Crippen LogP contribution is 2.38. The van der Waals surface area contributed by atoms with Gasteiger partial charge in [-0.1, -0.05) is 44.5 Å². The second kappa shape index (κ2) is 8.74. The zero-order chi connectivity index (χ0) is 21.0.